The Morgan fingerprint density at radius 1 is 1.32 bits per heavy atom. The number of para-hydroxylation sites is 1. The predicted octanol–water partition coefficient (Wildman–Crippen LogP) is 2.85. The lowest BCUT2D eigenvalue weighted by Gasteiger charge is -2.51. The van der Waals surface area contributed by atoms with Crippen molar-refractivity contribution in [3.63, 3.8) is 0 Å². The van der Waals surface area contributed by atoms with Crippen LogP contribution < -0.4 is 0 Å². The Hall–Kier alpha value is -1.91. The normalized spacial score (nSPS) is 28.8. The number of allylic oxidation sites excluding steroid dienone is 1. The first-order valence-corrected chi connectivity index (χ1v) is 9.04. The van der Waals surface area contributed by atoms with Gasteiger partial charge in [-0.05, 0) is 49.9 Å². The number of likely N-dealkylation sites (N-methyl/N-ethyl adjacent to an activating group) is 1. The second-order valence-electron chi connectivity index (χ2n) is 7.66. The van der Waals surface area contributed by atoms with E-state index in [1.165, 1.54) is 22.2 Å². The standard InChI is InChI=1S/C21H26N2O2/c1-12(13(2)25)15-9-20-21-16(10-19(22(20)3)17(15)11-24)14-7-5-6-8-18(14)23(21)4/h5-8,15,17,19-20,24H,1,9-11H2,2-4H3/t15-,17+,19-,20-/m1/s1. The number of fused-ring (bicyclic) bond motifs is 6. The van der Waals surface area contributed by atoms with Crippen LogP contribution in [0.25, 0.3) is 10.9 Å². The Balaban J connectivity index is 1.87. The topological polar surface area (TPSA) is 45.5 Å². The van der Waals surface area contributed by atoms with E-state index in [0.717, 1.165) is 12.8 Å². The highest BCUT2D eigenvalue weighted by atomic mass is 16.3. The van der Waals surface area contributed by atoms with Crippen LogP contribution >= 0.6 is 0 Å². The number of piperidine rings is 1. The number of hydrogen-bond donors (Lipinski definition) is 1. The first kappa shape index (κ1) is 16.6. The maximum Gasteiger partial charge on any atom is 0.155 e. The molecule has 1 aromatic carbocycles. The summed E-state index contributed by atoms with van der Waals surface area (Å²) in [5, 5.41) is 11.4. The van der Waals surface area contributed by atoms with Gasteiger partial charge in [-0.1, -0.05) is 24.8 Å². The molecule has 0 spiro atoms. The van der Waals surface area contributed by atoms with Gasteiger partial charge in [-0.15, -0.1) is 0 Å². The average Bonchev–Trinajstić information content (AvgIpc) is 2.87. The summed E-state index contributed by atoms with van der Waals surface area (Å²) in [4.78, 5) is 14.4. The summed E-state index contributed by atoms with van der Waals surface area (Å²) in [6.45, 7) is 5.75. The summed E-state index contributed by atoms with van der Waals surface area (Å²) in [7, 11) is 4.30. The molecule has 4 rings (SSSR count). The van der Waals surface area contributed by atoms with Gasteiger partial charge in [0, 0.05) is 42.2 Å². The van der Waals surface area contributed by atoms with Gasteiger partial charge in [-0.25, -0.2) is 0 Å². The summed E-state index contributed by atoms with van der Waals surface area (Å²) in [5.74, 6) is 0.160. The van der Waals surface area contributed by atoms with E-state index < -0.39 is 0 Å². The molecule has 132 valence electrons. The molecule has 1 fully saturated rings. The Labute approximate surface area is 148 Å². The molecule has 2 bridgehead atoms. The molecule has 0 aliphatic carbocycles. The first-order chi connectivity index (χ1) is 12.0. The highest BCUT2D eigenvalue weighted by Gasteiger charge is 2.48. The van der Waals surface area contributed by atoms with Crippen molar-refractivity contribution in [2.75, 3.05) is 13.7 Å². The molecule has 2 aliphatic rings. The zero-order valence-electron chi connectivity index (χ0n) is 15.2. The lowest BCUT2D eigenvalue weighted by atomic mass is 9.68. The number of aliphatic hydroxyl groups is 1. The highest BCUT2D eigenvalue weighted by Crippen LogP contribution is 2.49. The van der Waals surface area contributed by atoms with Crippen LogP contribution in [0.2, 0.25) is 0 Å². The number of hydrogen-bond acceptors (Lipinski definition) is 3. The van der Waals surface area contributed by atoms with Crippen LogP contribution in [-0.4, -0.2) is 40.1 Å². The molecule has 2 aliphatic heterocycles. The van der Waals surface area contributed by atoms with Gasteiger partial charge < -0.3 is 9.67 Å². The van der Waals surface area contributed by atoms with Crippen molar-refractivity contribution >= 4 is 16.7 Å². The molecule has 1 aromatic heterocycles. The fourth-order valence-corrected chi connectivity index (χ4v) is 5.23. The third kappa shape index (κ3) is 2.24. The van der Waals surface area contributed by atoms with E-state index in [4.69, 9.17) is 0 Å². The van der Waals surface area contributed by atoms with E-state index >= 15 is 0 Å². The molecule has 0 amide bonds. The van der Waals surface area contributed by atoms with E-state index in [1.807, 2.05) is 0 Å². The molecule has 0 radical (unpaired) electrons. The predicted molar refractivity (Wildman–Crippen MR) is 99.4 cm³/mol. The fourth-order valence-electron chi connectivity index (χ4n) is 5.23. The minimum absolute atomic E-state index is 0.0448. The number of Topliss-reactive ketones (excluding diaryl/α,β-unsaturated/α-hetero) is 1. The Morgan fingerprint density at radius 3 is 2.72 bits per heavy atom. The minimum atomic E-state index is 0.0448. The molecule has 0 saturated carbocycles. The molecule has 2 aromatic rings. The molecule has 0 unspecified atom stereocenters. The number of rotatable bonds is 3. The Morgan fingerprint density at radius 2 is 2.04 bits per heavy atom. The lowest BCUT2D eigenvalue weighted by Crippen LogP contribution is -2.54. The number of aliphatic hydroxyl groups excluding tert-OH is 1. The Bertz CT molecular complexity index is 866. The molecule has 1 saturated heterocycles. The molecule has 3 heterocycles. The van der Waals surface area contributed by atoms with Crippen molar-refractivity contribution in [3.8, 4) is 0 Å². The number of benzene rings is 1. The van der Waals surface area contributed by atoms with Crippen molar-refractivity contribution in [1.29, 1.82) is 0 Å². The van der Waals surface area contributed by atoms with Crippen molar-refractivity contribution < 1.29 is 9.90 Å². The highest BCUT2D eigenvalue weighted by molar-refractivity contribution is 5.93. The van der Waals surface area contributed by atoms with Crippen LogP contribution in [0.3, 0.4) is 0 Å². The van der Waals surface area contributed by atoms with Gasteiger partial charge in [0.2, 0.25) is 0 Å². The smallest absolute Gasteiger partial charge is 0.155 e. The molecule has 1 N–H and O–H groups in total. The number of carbonyl (C=O) groups excluding carboxylic acids is 1. The lowest BCUT2D eigenvalue weighted by molar-refractivity contribution is -0.115. The molecule has 4 atom stereocenters. The summed E-state index contributed by atoms with van der Waals surface area (Å²) in [5.41, 5.74) is 4.70. The van der Waals surface area contributed by atoms with Gasteiger partial charge in [-0.3, -0.25) is 9.69 Å². The van der Waals surface area contributed by atoms with Gasteiger partial charge in [0.25, 0.3) is 0 Å². The molecule has 25 heavy (non-hydrogen) atoms. The maximum absolute atomic E-state index is 12.0. The second kappa shape index (κ2) is 5.82. The van der Waals surface area contributed by atoms with E-state index in [1.54, 1.807) is 6.92 Å². The zero-order chi connectivity index (χ0) is 17.9. The summed E-state index contributed by atoms with van der Waals surface area (Å²) in [6.07, 6.45) is 1.75. The molecule has 4 heteroatoms. The van der Waals surface area contributed by atoms with Crippen molar-refractivity contribution in [2.45, 2.75) is 31.8 Å². The van der Waals surface area contributed by atoms with E-state index in [9.17, 15) is 9.90 Å². The molecular weight excluding hydrogens is 312 g/mol. The van der Waals surface area contributed by atoms with Crippen LogP contribution in [0.4, 0.5) is 0 Å². The quantitative estimate of drug-likeness (QED) is 0.876. The SMILES string of the molecule is C=C(C(C)=O)[C@H]1C[C@@H]2c3c(c4ccccc4n3C)C[C@H]([C@H]1CO)N2C. The van der Waals surface area contributed by atoms with Gasteiger partial charge in [0.05, 0.1) is 6.04 Å². The van der Waals surface area contributed by atoms with Crippen LogP contribution in [-0.2, 0) is 18.3 Å². The number of aromatic nitrogens is 1. The van der Waals surface area contributed by atoms with Crippen LogP contribution in [0.15, 0.2) is 36.4 Å². The zero-order valence-corrected chi connectivity index (χ0v) is 15.2. The fraction of sp³-hybridized carbons (Fsp3) is 0.476. The summed E-state index contributed by atoms with van der Waals surface area (Å²) < 4.78 is 2.31. The van der Waals surface area contributed by atoms with Crippen LogP contribution in [0.1, 0.15) is 30.6 Å². The third-order valence-corrected chi connectivity index (χ3v) is 6.60. The van der Waals surface area contributed by atoms with Crippen molar-refractivity contribution in [3.05, 3.63) is 47.7 Å². The van der Waals surface area contributed by atoms with Crippen LogP contribution in [0.5, 0.6) is 0 Å². The summed E-state index contributed by atoms with van der Waals surface area (Å²) in [6, 6.07) is 9.06. The minimum Gasteiger partial charge on any atom is -0.396 e. The molecule has 4 nitrogen and oxygen atoms in total. The van der Waals surface area contributed by atoms with Gasteiger partial charge in [0.15, 0.2) is 5.78 Å². The van der Waals surface area contributed by atoms with E-state index in [0.29, 0.717) is 5.57 Å². The second-order valence-corrected chi connectivity index (χ2v) is 7.66. The monoisotopic (exact) mass is 338 g/mol. The first-order valence-electron chi connectivity index (χ1n) is 9.04. The van der Waals surface area contributed by atoms with E-state index in [-0.39, 0.29) is 36.3 Å². The van der Waals surface area contributed by atoms with Gasteiger partial charge >= 0.3 is 0 Å². The molecular formula is C21H26N2O2. The number of aryl methyl sites for hydroxylation is 1. The number of ketones is 1. The van der Waals surface area contributed by atoms with Crippen molar-refractivity contribution in [1.82, 2.24) is 9.47 Å². The third-order valence-electron chi connectivity index (χ3n) is 6.60. The van der Waals surface area contributed by atoms with E-state index in [2.05, 4.69) is 54.4 Å². The number of carbonyl (C=O) groups is 1. The average molecular weight is 338 g/mol. The van der Waals surface area contributed by atoms with Gasteiger partial charge in [-0.2, -0.15) is 0 Å². The maximum atomic E-state index is 12.0. The van der Waals surface area contributed by atoms with Gasteiger partial charge in [0.1, 0.15) is 0 Å². The number of nitrogens with zero attached hydrogens (tertiary/aromatic N) is 2. The van der Waals surface area contributed by atoms with Crippen LogP contribution in [0, 0.1) is 11.8 Å². The van der Waals surface area contributed by atoms with Crippen molar-refractivity contribution in [2.24, 2.45) is 18.9 Å². The Kier molecular flexibility index (Phi) is 3.85. The summed E-state index contributed by atoms with van der Waals surface area (Å²) >= 11 is 0. The largest absolute Gasteiger partial charge is 0.396 e.